The van der Waals surface area contributed by atoms with Crippen LogP contribution in [0.4, 0.5) is 0 Å². The molecule has 1 atom stereocenters. The summed E-state index contributed by atoms with van der Waals surface area (Å²) in [5, 5.41) is 4.51. The number of hydrogen-bond donors (Lipinski definition) is 1. The zero-order valence-corrected chi connectivity index (χ0v) is 13.3. The van der Waals surface area contributed by atoms with E-state index in [1.807, 2.05) is 19.2 Å². The van der Waals surface area contributed by atoms with Crippen LogP contribution in [0.25, 0.3) is 0 Å². The van der Waals surface area contributed by atoms with Crippen LogP contribution in [0.2, 0.25) is 10.0 Å². The van der Waals surface area contributed by atoms with Crippen LogP contribution in [0.5, 0.6) is 0 Å². The van der Waals surface area contributed by atoms with E-state index in [9.17, 15) is 0 Å². The van der Waals surface area contributed by atoms with Gasteiger partial charge in [0.25, 0.3) is 0 Å². The molecule has 0 amide bonds. The van der Waals surface area contributed by atoms with Gasteiger partial charge in [0, 0.05) is 12.5 Å². The number of benzene rings is 2. The SMILES string of the molecule is CNCC(Cc1ccc(Cl)c(Cl)c1)c1ccccc1C. The molecule has 2 aromatic carbocycles. The summed E-state index contributed by atoms with van der Waals surface area (Å²) in [5.74, 6) is 0.429. The fourth-order valence-corrected chi connectivity index (χ4v) is 2.86. The first-order valence-corrected chi connectivity index (χ1v) is 7.51. The van der Waals surface area contributed by atoms with Gasteiger partial charge in [-0.1, -0.05) is 53.5 Å². The molecule has 0 radical (unpaired) electrons. The molecular weight excluding hydrogens is 289 g/mol. The lowest BCUT2D eigenvalue weighted by Gasteiger charge is -2.19. The average Bonchev–Trinajstić information content (AvgIpc) is 2.43. The molecule has 0 aliphatic carbocycles. The van der Waals surface area contributed by atoms with Gasteiger partial charge in [0.05, 0.1) is 10.0 Å². The molecule has 0 spiro atoms. The highest BCUT2D eigenvalue weighted by Gasteiger charge is 2.14. The fraction of sp³-hybridized carbons (Fsp3) is 0.294. The van der Waals surface area contributed by atoms with Gasteiger partial charge in [0.1, 0.15) is 0 Å². The summed E-state index contributed by atoms with van der Waals surface area (Å²) in [5.41, 5.74) is 3.92. The maximum atomic E-state index is 6.10. The number of nitrogens with one attached hydrogen (secondary N) is 1. The van der Waals surface area contributed by atoms with Crippen LogP contribution in [0.3, 0.4) is 0 Å². The second-order valence-electron chi connectivity index (χ2n) is 5.06. The van der Waals surface area contributed by atoms with Crippen LogP contribution in [0, 0.1) is 6.92 Å². The van der Waals surface area contributed by atoms with Gasteiger partial charge in [0.2, 0.25) is 0 Å². The van der Waals surface area contributed by atoms with Gasteiger partial charge in [-0.15, -0.1) is 0 Å². The van der Waals surface area contributed by atoms with Crippen molar-refractivity contribution >= 4 is 23.2 Å². The molecule has 0 aromatic heterocycles. The first-order valence-electron chi connectivity index (χ1n) is 6.76. The normalized spacial score (nSPS) is 12.4. The molecule has 0 aliphatic rings. The zero-order valence-electron chi connectivity index (χ0n) is 11.8. The molecule has 2 aromatic rings. The lowest BCUT2D eigenvalue weighted by molar-refractivity contribution is 0.623. The quantitative estimate of drug-likeness (QED) is 0.833. The summed E-state index contributed by atoms with van der Waals surface area (Å²) in [7, 11) is 1.99. The number of aryl methyl sites for hydroxylation is 1. The van der Waals surface area contributed by atoms with Crippen molar-refractivity contribution in [2.24, 2.45) is 0 Å². The summed E-state index contributed by atoms with van der Waals surface area (Å²) < 4.78 is 0. The summed E-state index contributed by atoms with van der Waals surface area (Å²) in [6.07, 6.45) is 0.947. The predicted molar refractivity (Wildman–Crippen MR) is 88.0 cm³/mol. The van der Waals surface area contributed by atoms with Crippen molar-refractivity contribution in [3.8, 4) is 0 Å². The minimum Gasteiger partial charge on any atom is -0.319 e. The Labute approximate surface area is 130 Å². The number of rotatable bonds is 5. The Hall–Kier alpha value is -1.02. The fourth-order valence-electron chi connectivity index (χ4n) is 2.53. The van der Waals surface area contributed by atoms with E-state index >= 15 is 0 Å². The predicted octanol–water partition coefficient (Wildman–Crippen LogP) is 4.85. The summed E-state index contributed by atoms with van der Waals surface area (Å²) in [6.45, 7) is 3.10. The first-order chi connectivity index (χ1) is 9.61. The summed E-state index contributed by atoms with van der Waals surface area (Å²) >= 11 is 12.1. The smallest absolute Gasteiger partial charge is 0.0595 e. The summed E-state index contributed by atoms with van der Waals surface area (Å²) in [6, 6.07) is 14.4. The van der Waals surface area contributed by atoms with Gasteiger partial charge in [-0.2, -0.15) is 0 Å². The maximum Gasteiger partial charge on any atom is 0.0595 e. The van der Waals surface area contributed by atoms with Crippen molar-refractivity contribution in [2.45, 2.75) is 19.3 Å². The van der Waals surface area contributed by atoms with Crippen LogP contribution < -0.4 is 5.32 Å². The highest BCUT2D eigenvalue weighted by molar-refractivity contribution is 6.42. The van der Waals surface area contributed by atoms with E-state index in [4.69, 9.17) is 23.2 Å². The minimum absolute atomic E-state index is 0.429. The molecular formula is C17H19Cl2N. The lowest BCUT2D eigenvalue weighted by Crippen LogP contribution is -2.20. The number of hydrogen-bond acceptors (Lipinski definition) is 1. The van der Waals surface area contributed by atoms with Crippen LogP contribution in [-0.4, -0.2) is 13.6 Å². The molecule has 0 heterocycles. The highest BCUT2D eigenvalue weighted by atomic mass is 35.5. The van der Waals surface area contributed by atoms with Gasteiger partial charge in [-0.25, -0.2) is 0 Å². The second kappa shape index (κ2) is 7.12. The zero-order chi connectivity index (χ0) is 14.5. The van der Waals surface area contributed by atoms with Gasteiger partial charge in [-0.05, 0) is 49.2 Å². The average molecular weight is 308 g/mol. The highest BCUT2D eigenvalue weighted by Crippen LogP contribution is 2.27. The van der Waals surface area contributed by atoms with Crippen molar-refractivity contribution in [3.63, 3.8) is 0 Å². The van der Waals surface area contributed by atoms with Crippen molar-refractivity contribution in [3.05, 3.63) is 69.2 Å². The Balaban J connectivity index is 2.25. The third-order valence-corrected chi connectivity index (χ3v) is 4.28. The van der Waals surface area contributed by atoms with E-state index in [-0.39, 0.29) is 0 Å². The van der Waals surface area contributed by atoms with Crippen molar-refractivity contribution in [1.82, 2.24) is 5.32 Å². The second-order valence-corrected chi connectivity index (χ2v) is 5.88. The molecule has 3 heteroatoms. The third-order valence-electron chi connectivity index (χ3n) is 3.54. The number of likely N-dealkylation sites (N-methyl/N-ethyl adjacent to an activating group) is 1. The van der Waals surface area contributed by atoms with Gasteiger partial charge in [0.15, 0.2) is 0 Å². The minimum atomic E-state index is 0.429. The summed E-state index contributed by atoms with van der Waals surface area (Å²) in [4.78, 5) is 0. The van der Waals surface area contributed by atoms with E-state index in [0.717, 1.165) is 13.0 Å². The van der Waals surface area contributed by atoms with Crippen molar-refractivity contribution in [2.75, 3.05) is 13.6 Å². The Morgan fingerprint density at radius 3 is 2.45 bits per heavy atom. The van der Waals surface area contributed by atoms with E-state index in [0.29, 0.717) is 16.0 Å². The Bertz CT molecular complexity index is 581. The molecule has 0 saturated heterocycles. The van der Waals surface area contributed by atoms with Gasteiger partial charge < -0.3 is 5.32 Å². The topological polar surface area (TPSA) is 12.0 Å². The van der Waals surface area contributed by atoms with Gasteiger partial charge in [-0.3, -0.25) is 0 Å². The largest absolute Gasteiger partial charge is 0.319 e. The van der Waals surface area contributed by atoms with E-state index < -0.39 is 0 Å². The monoisotopic (exact) mass is 307 g/mol. The number of halogens is 2. The van der Waals surface area contributed by atoms with Crippen molar-refractivity contribution < 1.29 is 0 Å². The van der Waals surface area contributed by atoms with E-state index in [1.54, 1.807) is 0 Å². The molecule has 0 bridgehead atoms. The molecule has 20 heavy (non-hydrogen) atoms. The molecule has 1 N–H and O–H groups in total. The van der Waals surface area contributed by atoms with Crippen LogP contribution >= 0.6 is 23.2 Å². The van der Waals surface area contributed by atoms with Crippen LogP contribution in [-0.2, 0) is 6.42 Å². The van der Waals surface area contributed by atoms with Crippen LogP contribution in [0.1, 0.15) is 22.6 Å². The maximum absolute atomic E-state index is 6.10. The molecule has 1 nitrogen and oxygen atoms in total. The van der Waals surface area contributed by atoms with Crippen molar-refractivity contribution in [1.29, 1.82) is 0 Å². The molecule has 1 unspecified atom stereocenters. The molecule has 2 rings (SSSR count). The third kappa shape index (κ3) is 3.76. The Kier molecular flexibility index (Phi) is 5.47. The lowest BCUT2D eigenvalue weighted by atomic mass is 9.89. The van der Waals surface area contributed by atoms with E-state index in [1.165, 1.54) is 16.7 Å². The Morgan fingerprint density at radius 2 is 1.80 bits per heavy atom. The van der Waals surface area contributed by atoms with Gasteiger partial charge >= 0.3 is 0 Å². The van der Waals surface area contributed by atoms with E-state index in [2.05, 4.69) is 42.6 Å². The van der Waals surface area contributed by atoms with Crippen LogP contribution in [0.15, 0.2) is 42.5 Å². The molecule has 0 fully saturated rings. The standard InChI is InChI=1S/C17H19Cl2N/c1-12-5-3-4-6-15(12)14(11-20-2)9-13-7-8-16(18)17(19)10-13/h3-8,10,14,20H,9,11H2,1-2H3. The molecule has 106 valence electrons. The Morgan fingerprint density at radius 1 is 1.05 bits per heavy atom. The molecule has 0 aliphatic heterocycles. The molecule has 0 saturated carbocycles. The first kappa shape index (κ1) is 15.4.